The molecule has 0 aromatic rings. The fourth-order valence-corrected chi connectivity index (χ4v) is 2.68. The molecule has 20 heavy (non-hydrogen) atoms. The average molecular weight is 286 g/mol. The summed E-state index contributed by atoms with van der Waals surface area (Å²) in [6, 6.07) is -0.458. The molecule has 0 saturated carbocycles. The zero-order valence-corrected chi connectivity index (χ0v) is 11.9. The van der Waals surface area contributed by atoms with Crippen LogP contribution in [-0.2, 0) is 14.3 Å². The molecule has 2 saturated heterocycles. The molecule has 2 aliphatic heterocycles. The molecule has 2 rings (SSSR count). The van der Waals surface area contributed by atoms with Gasteiger partial charge < -0.3 is 19.5 Å². The third-order valence-corrected chi connectivity index (χ3v) is 3.79. The number of nitrogens with zero attached hydrogens (tertiary/aromatic N) is 2. The van der Waals surface area contributed by atoms with Crippen molar-refractivity contribution in [3.63, 3.8) is 0 Å². The number of amides is 1. The Hall–Kier alpha value is -1.34. The summed E-state index contributed by atoms with van der Waals surface area (Å²) >= 11 is 0. The van der Waals surface area contributed by atoms with Crippen molar-refractivity contribution >= 4 is 12.1 Å². The normalized spacial score (nSPS) is 27.9. The minimum absolute atomic E-state index is 0.114. The van der Waals surface area contributed by atoms with E-state index in [4.69, 9.17) is 9.47 Å². The van der Waals surface area contributed by atoms with Crippen LogP contribution in [0.4, 0.5) is 4.79 Å². The van der Waals surface area contributed by atoms with Gasteiger partial charge >= 0.3 is 12.1 Å². The molecule has 0 aliphatic carbocycles. The predicted molar refractivity (Wildman–Crippen MR) is 70.5 cm³/mol. The van der Waals surface area contributed by atoms with Crippen molar-refractivity contribution in [2.45, 2.75) is 38.5 Å². The van der Waals surface area contributed by atoms with Gasteiger partial charge in [-0.3, -0.25) is 9.69 Å². The molecule has 2 fully saturated rings. The Bertz CT molecular complexity index is 368. The maximum Gasteiger partial charge on any atom is 0.410 e. The monoisotopic (exact) mass is 286 g/mol. The van der Waals surface area contributed by atoms with E-state index in [9.17, 15) is 14.7 Å². The van der Waals surface area contributed by atoms with Crippen LogP contribution in [0.25, 0.3) is 0 Å². The number of rotatable bonds is 3. The van der Waals surface area contributed by atoms with E-state index in [0.29, 0.717) is 39.3 Å². The molecular formula is C13H22N2O5. The lowest BCUT2D eigenvalue weighted by Crippen LogP contribution is -2.43. The molecular weight excluding hydrogens is 264 g/mol. The van der Waals surface area contributed by atoms with Gasteiger partial charge in [-0.1, -0.05) is 0 Å². The molecule has 7 nitrogen and oxygen atoms in total. The van der Waals surface area contributed by atoms with Crippen molar-refractivity contribution in [2.24, 2.45) is 0 Å². The molecule has 0 aromatic carbocycles. The zero-order chi connectivity index (χ0) is 14.7. The second-order valence-corrected chi connectivity index (χ2v) is 5.49. The average Bonchev–Trinajstić information content (AvgIpc) is 2.84. The lowest BCUT2D eigenvalue weighted by Gasteiger charge is -2.27. The van der Waals surface area contributed by atoms with Crippen LogP contribution in [-0.4, -0.2) is 78.0 Å². The number of carbonyl (C=O) groups is 2. The highest BCUT2D eigenvalue weighted by atomic mass is 16.6. The van der Waals surface area contributed by atoms with Gasteiger partial charge in [0, 0.05) is 32.1 Å². The second kappa shape index (κ2) is 6.41. The number of carboxylic acid groups (broad SMARTS) is 1. The van der Waals surface area contributed by atoms with Gasteiger partial charge in [-0.05, 0) is 13.8 Å². The number of carbonyl (C=O) groups excluding carboxylic acids is 1. The van der Waals surface area contributed by atoms with Crippen LogP contribution < -0.4 is 0 Å². The van der Waals surface area contributed by atoms with Crippen LogP contribution in [0.3, 0.4) is 0 Å². The number of hydrogen-bond acceptors (Lipinski definition) is 5. The van der Waals surface area contributed by atoms with Crippen LogP contribution in [0.1, 0.15) is 20.3 Å². The van der Waals surface area contributed by atoms with Crippen molar-refractivity contribution < 1.29 is 24.2 Å². The molecule has 0 bridgehead atoms. The number of aliphatic carboxylic acids is 1. The summed E-state index contributed by atoms with van der Waals surface area (Å²) in [5.74, 6) is -0.858. The molecule has 114 valence electrons. The van der Waals surface area contributed by atoms with Gasteiger partial charge in [0.2, 0.25) is 0 Å². The van der Waals surface area contributed by atoms with Crippen molar-refractivity contribution in [3.05, 3.63) is 0 Å². The number of ether oxygens (including phenoxy) is 2. The summed E-state index contributed by atoms with van der Waals surface area (Å²) < 4.78 is 10.6. The summed E-state index contributed by atoms with van der Waals surface area (Å²) in [5, 5.41) is 9.22. The van der Waals surface area contributed by atoms with Crippen molar-refractivity contribution in [3.8, 4) is 0 Å². The lowest BCUT2D eigenvalue weighted by atomic mass is 10.2. The molecule has 2 heterocycles. The van der Waals surface area contributed by atoms with Crippen molar-refractivity contribution in [2.75, 3.05) is 32.8 Å². The van der Waals surface area contributed by atoms with Gasteiger partial charge in [-0.25, -0.2) is 4.79 Å². The van der Waals surface area contributed by atoms with E-state index in [1.807, 2.05) is 18.7 Å². The predicted octanol–water partition coefficient (Wildman–Crippen LogP) is 0.391. The first-order valence-electron chi connectivity index (χ1n) is 7.01. The van der Waals surface area contributed by atoms with Crippen LogP contribution in [0, 0.1) is 0 Å². The van der Waals surface area contributed by atoms with Crippen LogP contribution in [0.15, 0.2) is 0 Å². The highest BCUT2D eigenvalue weighted by Crippen LogP contribution is 2.23. The van der Waals surface area contributed by atoms with E-state index >= 15 is 0 Å². The summed E-state index contributed by atoms with van der Waals surface area (Å²) in [6.45, 7) is 6.48. The number of hydrogen-bond donors (Lipinski definition) is 1. The maximum absolute atomic E-state index is 12.0. The lowest BCUT2D eigenvalue weighted by molar-refractivity contribution is -0.142. The first-order valence-corrected chi connectivity index (χ1v) is 7.01. The van der Waals surface area contributed by atoms with Crippen LogP contribution in [0.5, 0.6) is 0 Å². The number of likely N-dealkylation sites (tertiary alicyclic amines) is 1. The van der Waals surface area contributed by atoms with E-state index in [1.165, 1.54) is 0 Å². The first kappa shape index (κ1) is 15.1. The summed E-state index contributed by atoms with van der Waals surface area (Å²) in [7, 11) is 0. The van der Waals surface area contributed by atoms with Gasteiger partial charge in [-0.15, -0.1) is 0 Å². The molecule has 0 radical (unpaired) electrons. The summed E-state index contributed by atoms with van der Waals surface area (Å²) in [5.41, 5.74) is 0. The largest absolute Gasteiger partial charge is 0.480 e. The molecule has 7 heteroatoms. The van der Waals surface area contributed by atoms with Gasteiger partial charge in [0.25, 0.3) is 0 Å². The smallest absolute Gasteiger partial charge is 0.410 e. The Morgan fingerprint density at radius 2 is 1.95 bits per heavy atom. The van der Waals surface area contributed by atoms with Gasteiger partial charge in [-0.2, -0.15) is 0 Å². The fraction of sp³-hybridized carbons (Fsp3) is 0.846. The second-order valence-electron chi connectivity index (χ2n) is 5.49. The van der Waals surface area contributed by atoms with E-state index in [2.05, 4.69) is 0 Å². The molecule has 0 spiro atoms. The van der Waals surface area contributed by atoms with E-state index in [-0.39, 0.29) is 18.2 Å². The Balaban J connectivity index is 1.90. The molecule has 1 amide bonds. The van der Waals surface area contributed by atoms with Gasteiger partial charge in [0.15, 0.2) is 0 Å². The van der Waals surface area contributed by atoms with E-state index < -0.39 is 12.0 Å². The highest BCUT2D eigenvalue weighted by molar-refractivity contribution is 5.74. The number of carboxylic acids is 1. The topological polar surface area (TPSA) is 79.3 Å². The molecule has 0 unspecified atom stereocenters. The Kier molecular flexibility index (Phi) is 4.82. The van der Waals surface area contributed by atoms with Crippen molar-refractivity contribution in [1.29, 1.82) is 0 Å². The third kappa shape index (κ3) is 3.40. The standard InChI is InChI=1S/C13H22N2O5/c1-9(2)15-8-10(7-11(15)12(16)17)20-13(18)14-3-5-19-6-4-14/h9-11H,3-8H2,1-2H3,(H,16,17)/t10-,11+/m1/s1. The minimum atomic E-state index is -0.858. The van der Waals surface area contributed by atoms with Gasteiger partial charge in [0.05, 0.1) is 13.2 Å². The highest BCUT2D eigenvalue weighted by Gasteiger charge is 2.40. The number of morpholine rings is 1. The Labute approximate surface area is 118 Å². The van der Waals surface area contributed by atoms with Crippen LogP contribution in [0.2, 0.25) is 0 Å². The SMILES string of the molecule is CC(C)N1C[C@H](OC(=O)N2CCOCC2)C[C@H]1C(=O)O. The Morgan fingerprint density at radius 3 is 2.45 bits per heavy atom. The van der Waals surface area contributed by atoms with E-state index in [0.717, 1.165) is 0 Å². The third-order valence-electron chi connectivity index (χ3n) is 3.79. The maximum atomic E-state index is 12.0. The van der Waals surface area contributed by atoms with Crippen molar-refractivity contribution in [1.82, 2.24) is 9.80 Å². The minimum Gasteiger partial charge on any atom is -0.480 e. The van der Waals surface area contributed by atoms with Crippen LogP contribution >= 0.6 is 0 Å². The molecule has 2 atom stereocenters. The summed E-state index contributed by atoms with van der Waals surface area (Å²) in [6.07, 6.45) is -0.370. The Morgan fingerprint density at radius 1 is 1.30 bits per heavy atom. The zero-order valence-electron chi connectivity index (χ0n) is 11.9. The summed E-state index contributed by atoms with van der Waals surface area (Å²) in [4.78, 5) is 26.7. The quantitative estimate of drug-likeness (QED) is 0.808. The van der Waals surface area contributed by atoms with E-state index in [1.54, 1.807) is 4.90 Å². The van der Waals surface area contributed by atoms with Gasteiger partial charge in [0.1, 0.15) is 12.1 Å². The first-order chi connectivity index (χ1) is 9.49. The fourth-order valence-electron chi connectivity index (χ4n) is 2.68. The molecule has 1 N–H and O–H groups in total. The molecule has 2 aliphatic rings. The molecule has 0 aromatic heterocycles.